The summed E-state index contributed by atoms with van der Waals surface area (Å²) in [6, 6.07) is 0. The van der Waals surface area contributed by atoms with Crippen molar-refractivity contribution in [1.29, 1.82) is 0 Å². The van der Waals surface area contributed by atoms with E-state index in [1.807, 2.05) is 0 Å². The van der Waals surface area contributed by atoms with Gasteiger partial charge < -0.3 is 29.7 Å². The van der Waals surface area contributed by atoms with Crippen molar-refractivity contribution in [2.75, 3.05) is 0 Å². The van der Waals surface area contributed by atoms with Gasteiger partial charge in [0.25, 0.3) is 0 Å². The average molecular weight is 570 g/mol. The minimum absolute atomic E-state index is 0. The summed E-state index contributed by atoms with van der Waals surface area (Å²) in [5, 5.41) is 0. The first-order chi connectivity index (χ1) is 13.3. The molecule has 0 aromatic heterocycles. The predicted octanol–water partition coefficient (Wildman–Crippen LogP) is 10.5. The van der Waals surface area contributed by atoms with Crippen LogP contribution in [0.2, 0.25) is 37.3 Å². The van der Waals surface area contributed by atoms with E-state index in [0.29, 0.717) is 0 Å². The van der Waals surface area contributed by atoms with Gasteiger partial charge in [0.1, 0.15) is 0 Å². The van der Waals surface area contributed by atoms with E-state index in [-0.39, 0.29) is 55.9 Å². The fourth-order valence-electron chi connectivity index (χ4n) is 9.28. The topological polar surface area (TPSA) is 0 Å². The Balaban J connectivity index is 0. The zero-order chi connectivity index (χ0) is 20.1. The van der Waals surface area contributed by atoms with E-state index in [1.165, 1.54) is 19.3 Å². The van der Waals surface area contributed by atoms with Gasteiger partial charge in [-0.05, 0) is 65.9 Å². The van der Waals surface area contributed by atoms with Crippen LogP contribution < -0.4 is 0 Å². The van der Waals surface area contributed by atoms with Crippen molar-refractivity contribution in [1.82, 2.24) is 0 Å². The third kappa shape index (κ3) is 6.80. The van der Waals surface area contributed by atoms with Gasteiger partial charge in [-0.3, -0.25) is 0 Å². The molecule has 0 nitrogen and oxygen atoms in total. The Labute approximate surface area is 233 Å². The first kappa shape index (κ1) is 36.5. The Hall–Kier alpha value is 1.32. The van der Waals surface area contributed by atoms with Crippen molar-refractivity contribution in [3.05, 3.63) is 29.7 Å². The first-order valence-corrected chi connectivity index (χ1v) is 20.4. The van der Waals surface area contributed by atoms with E-state index >= 15 is 0 Å². The van der Waals surface area contributed by atoms with E-state index in [0.717, 1.165) is 46.6 Å². The molecule has 0 heterocycles. The maximum absolute atomic E-state index is 2.91. The van der Waals surface area contributed by atoms with Crippen LogP contribution in [0.3, 0.4) is 0 Å². The molecule has 8 unspecified atom stereocenters. The number of unbranched alkanes of at least 4 members (excludes halogenated alkanes) is 1. The molecule has 0 bridgehead atoms. The van der Waals surface area contributed by atoms with Gasteiger partial charge in [-0.25, -0.2) is 0 Å². The molecule has 0 radical (unpaired) electrons. The van der Waals surface area contributed by atoms with Crippen molar-refractivity contribution in [2.45, 2.75) is 128 Å². The summed E-state index contributed by atoms with van der Waals surface area (Å²) in [6.07, 6.45) is 18.8. The molecule has 3 heteroatoms. The molecule has 0 amide bonds. The fourth-order valence-corrected chi connectivity index (χ4v) is 24.1. The van der Waals surface area contributed by atoms with E-state index < -0.39 is 15.2 Å². The van der Waals surface area contributed by atoms with E-state index in [2.05, 4.69) is 40.0 Å². The summed E-state index contributed by atoms with van der Waals surface area (Å²) < 4.78 is 0. The van der Waals surface area contributed by atoms with E-state index in [9.17, 15) is 0 Å². The van der Waals surface area contributed by atoms with Crippen LogP contribution in [0.25, 0.3) is 0 Å². The van der Waals surface area contributed by atoms with Gasteiger partial charge in [0.2, 0.25) is 0 Å². The molecule has 0 N–H and O–H groups in total. The normalized spacial score (nSPS) is 37.3. The van der Waals surface area contributed by atoms with Crippen LogP contribution >= 0.6 is 0 Å². The molecule has 194 valence electrons. The van der Waals surface area contributed by atoms with Crippen LogP contribution in [0.15, 0.2) is 0 Å². The third-order valence-corrected chi connectivity index (χ3v) is 32.1. The fraction of sp³-hybridized carbons (Fsp3) is 0.867. The quantitative estimate of drug-likeness (QED) is 0.220. The Morgan fingerprint density at radius 1 is 0.697 bits per heavy atom. The van der Waals surface area contributed by atoms with Crippen molar-refractivity contribution in [3.63, 3.8) is 0 Å². The van der Waals surface area contributed by atoms with Crippen LogP contribution in [-0.2, 0) is 26.2 Å². The summed E-state index contributed by atoms with van der Waals surface area (Å²) in [4.78, 5) is 0. The number of rotatable bonds is 6. The van der Waals surface area contributed by atoms with Crippen LogP contribution in [-0.4, -0.2) is 15.2 Å². The largest absolute Gasteiger partial charge is 4.00 e. The monoisotopic (exact) mass is 568 g/mol. The maximum atomic E-state index is 2.91. The van der Waals surface area contributed by atoms with E-state index in [4.69, 9.17) is 0 Å². The number of hydrogen-bond acceptors (Lipinski definition) is 0. The second-order valence-corrected chi connectivity index (χ2v) is 29.1. The summed E-state index contributed by atoms with van der Waals surface area (Å²) in [5.74, 6) is 6.66. The van der Waals surface area contributed by atoms with Gasteiger partial charge in [0.05, 0.1) is 0 Å². The Bertz CT molecular complexity index is 545. The van der Waals surface area contributed by atoms with Gasteiger partial charge in [0, 0.05) is 15.2 Å². The predicted molar refractivity (Wildman–Crippen MR) is 156 cm³/mol. The molecule has 0 spiro atoms. The second-order valence-electron chi connectivity index (χ2n) is 13.0. The van der Waals surface area contributed by atoms with Gasteiger partial charge in [0.15, 0.2) is 0 Å². The number of hydrogen-bond donors (Lipinski definition) is 0. The summed E-state index contributed by atoms with van der Waals surface area (Å²) in [6.45, 7) is 16.6. The Morgan fingerprint density at radius 2 is 1.30 bits per heavy atom. The smallest absolute Gasteiger partial charge is 0.358 e. The summed E-state index contributed by atoms with van der Waals surface area (Å²) in [5.41, 5.74) is 2.32. The zero-order valence-corrected chi connectivity index (χ0v) is 29.1. The molecule has 0 saturated heterocycles. The molecule has 0 aromatic carbocycles. The molecule has 33 heavy (non-hydrogen) atoms. The second kappa shape index (κ2) is 14.3. The van der Waals surface area contributed by atoms with Gasteiger partial charge in [-0.15, -0.1) is 0 Å². The SMILES string of the molecule is CCCCC1CCC([Si](C)(C)[Si](C)(C)C2C(C)CC3CC4CCCC4CC32)C1.[CH3-].[CH3-].[CH3-].[CH3-].[Zr+4]. The third-order valence-electron chi connectivity index (χ3n) is 11.4. The van der Waals surface area contributed by atoms with Crippen molar-refractivity contribution in [2.24, 2.45) is 35.5 Å². The van der Waals surface area contributed by atoms with Crippen molar-refractivity contribution >= 4 is 15.2 Å². The minimum atomic E-state index is -1.20. The molecule has 0 aliphatic heterocycles. The van der Waals surface area contributed by atoms with E-state index in [1.54, 1.807) is 57.8 Å². The minimum Gasteiger partial charge on any atom is -0.358 e. The maximum Gasteiger partial charge on any atom is 4.00 e. The zero-order valence-electron chi connectivity index (χ0n) is 24.6. The molecule has 4 aliphatic rings. The molecule has 4 fully saturated rings. The van der Waals surface area contributed by atoms with Crippen molar-refractivity contribution < 1.29 is 26.2 Å². The molecular formula is C30H62Si2Zr. The first-order valence-electron chi connectivity index (χ1n) is 13.3. The Kier molecular flexibility index (Phi) is 15.8. The standard InChI is InChI=1S/C26H50Si2.4CH3.Zr/c1-7-8-10-20-13-14-24(16-20)27(3,4)28(5,6)26-19(2)15-23-17-21-11-9-12-22(21)18-25(23)26;;;;;/h19-26H,7-18H2,1-6H3;4*1H3;/q;4*-1;+4. The summed E-state index contributed by atoms with van der Waals surface area (Å²) >= 11 is 0. The molecular weight excluding hydrogens is 508 g/mol. The molecule has 4 rings (SSSR count). The van der Waals surface area contributed by atoms with Gasteiger partial charge >= 0.3 is 26.2 Å². The van der Waals surface area contributed by atoms with Crippen LogP contribution in [0.4, 0.5) is 0 Å². The van der Waals surface area contributed by atoms with Crippen LogP contribution in [0.5, 0.6) is 0 Å². The molecule has 4 saturated carbocycles. The van der Waals surface area contributed by atoms with Crippen LogP contribution in [0.1, 0.15) is 90.9 Å². The molecule has 4 aliphatic carbocycles. The Morgan fingerprint density at radius 3 is 1.91 bits per heavy atom. The average Bonchev–Trinajstić information content (AvgIpc) is 3.34. The van der Waals surface area contributed by atoms with Gasteiger partial charge in [-0.1, -0.05) is 97.8 Å². The van der Waals surface area contributed by atoms with Gasteiger partial charge in [-0.2, -0.15) is 0 Å². The summed E-state index contributed by atoms with van der Waals surface area (Å²) in [7, 11) is -2.36. The molecule has 8 atom stereocenters. The van der Waals surface area contributed by atoms with Crippen molar-refractivity contribution in [3.8, 4) is 0 Å². The van der Waals surface area contributed by atoms with Crippen LogP contribution in [0, 0.1) is 65.2 Å². The number of fused-ring (bicyclic) bond motifs is 2. The molecule has 0 aromatic rings.